The monoisotopic (exact) mass is 436 g/mol. The lowest BCUT2D eigenvalue weighted by Gasteiger charge is -2.22. The molecule has 2 heterocycles. The molecule has 1 atom stereocenters. The molecule has 29 heavy (non-hydrogen) atoms. The van der Waals surface area contributed by atoms with Crippen LogP contribution in [0.3, 0.4) is 0 Å². The van der Waals surface area contributed by atoms with E-state index in [1.165, 1.54) is 35.6 Å². The van der Waals surface area contributed by atoms with E-state index in [9.17, 15) is 21.6 Å². The van der Waals surface area contributed by atoms with Crippen molar-refractivity contribution in [2.45, 2.75) is 23.5 Å². The summed E-state index contributed by atoms with van der Waals surface area (Å²) in [6, 6.07) is 15.7. The number of hydrogen-bond donors (Lipinski definition) is 0. The fourth-order valence-corrected chi connectivity index (χ4v) is 5.48. The van der Waals surface area contributed by atoms with Gasteiger partial charge in [0.1, 0.15) is 6.04 Å². The molecule has 1 unspecified atom stereocenters. The third-order valence-corrected chi connectivity index (χ3v) is 7.22. The zero-order chi connectivity index (χ0) is 20.6. The number of hydrogen-bond acceptors (Lipinski definition) is 4. The van der Waals surface area contributed by atoms with Crippen molar-refractivity contribution in [1.82, 2.24) is 4.41 Å². The van der Waals surface area contributed by atoms with Crippen LogP contribution in [-0.2, 0) is 16.2 Å². The molecule has 150 valence electrons. The second-order valence-electron chi connectivity index (χ2n) is 6.45. The summed E-state index contributed by atoms with van der Waals surface area (Å²) in [5.74, 6) is 0. The van der Waals surface area contributed by atoms with E-state index in [2.05, 4.69) is 5.10 Å². The third kappa shape index (κ3) is 3.79. The highest BCUT2D eigenvalue weighted by molar-refractivity contribution is 7.89. The normalized spacial score (nSPS) is 17.4. The number of halogens is 3. The van der Waals surface area contributed by atoms with E-state index in [-0.39, 0.29) is 16.9 Å². The lowest BCUT2D eigenvalue weighted by molar-refractivity contribution is -0.137. The van der Waals surface area contributed by atoms with Crippen molar-refractivity contribution in [3.05, 3.63) is 88.1 Å². The summed E-state index contributed by atoms with van der Waals surface area (Å²) in [7, 11) is -3.96. The van der Waals surface area contributed by atoms with Gasteiger partial charge in [0.15, 0.2) is 0 Å². The molecule has 0 bridgehead atoms. The summed E-state index contributed by atoms with van der Waals surface area (Å²) in [6.45, 7) is 0. The average molecular weight is 436 g/mol. The average Bonchev–Trinajstić information content (AvgIpc) is 3.38. The maximum atomic E-state index is 13.2. The predicted molar refractivity (Wildman–Crippen MR) is 105 cm³/mol. The van der Waals surface area contributed by atoms with E-state index in [0.29, 0.717) is 5.71 Å². The lowest BCUT2D eigenvalue weighted by atomic mass is 10.0. The van der Waals surface area contributed by atoms with Gasteiger partial charge in [-0.25, -0.2) is 0 Å². The second-order valence-corrected chi connectivity index (χ2v) is 9.23. The van der Waals surface area contributed by atoms with Crippen LogP contribution in [0.25, 0.3) is 0 Å². The number of rotatable bonds is 4. The molecule has 0 saturated heterocycles. The molecule has 2 aromatic carbocycles. The van der Waals surface area contributed by atoms with E-state index < -0.39 is 27.8 Å². The molecule has 0 radical (unpaired) electrons. The lowest BCUT2D eigenvalue weighted by Crippen LogP contribution is -2.26. The van der Waals surface area contributed by atoms with Gasteiger partial charge in [-0.3, -0.25) is 0 Å². The molecule has 4 rings (SSSR count). The third-order valence-electron chi connectivity index (χ3n) is 4.55. The quantitative estimate of drug-likeness (QED) is 0.557. The Kier molecular flexibility index (Phi) is 4.95. The van der Waals surface area contributed by atoms with Crippen LogP contribution in [0.2, 0.25) is 0 Å². The standard InChI is InChI=1S/C20H15F3N2O2S2/c21-20(22,23)15-7-4-6-14(12-15)17-13-18(19-10-5-11-28-19)25(24-17)29(26,27)16-8-2-1-3-9-16/h1-12,18H,13H2. The van der Waals surface area contributed by atoms with Gasteiger partial charge in [0.05, 0.1) is 16.2 Å². The smallest absolute Gasteiger partial charge is 0.200 e. The van der Waals surface area contributed by atoms with Gasteiger partial charge in [-0.05, 0) is 41.3 Å². The van der Waals surface area contributed by atoms with E-state index in [1.54, 1.807) is 30.3 Å². The summed E-state index contributed by atoms with van der Waals surface area (Å²) in [5, 5.41) is 6.09. The molecule has 0 amide bonds. The fraction of sp³-hybridized carbons (Fsp3) is 0.150. The summed E-state index contributed by atoms with van der Waals surface area (Å²) in [5.41, 5.74) is -0.240. The zero-order valence-corrected chi connectivity index (χ0v) is 16.5. The summed E-state index contributed by atoms with van der Waals surface area (Å²) in [4.78, 5) is 0.853. The van der Waals surface area contributed by atoms with Crippen molar-refractivity contribution in [2.24, 2.45) is 5.10 Å². The Morgan fingerprint density at radius 3 is 2.41 bits per heavy atom. The summed E-state index contributed by atoms with van der Waals surface area (Å²) < 4.78 is 66.7. The first kappa shape index (κ1) is 19.7. The van der Waals surface area contributed by atoms with Gasteiger partial charge in [0, 0.05) is 11.3 Å². The van der Waals surface area contributed by atoms with Gasteiger partial charge in [-0.1, -0.05) is 36.4 Å². The molecule has 1 aromatic heterocycles. The molecule has 0 aliphatic carbocycles. The Labute approximate surface area is 170 Å². The molecule has 0 fully saturated rings. The largest absolute Gasteiger partial charge is 0.416 e. The van der Waals surface area contributed by atoms with Gasteiger partial charge < -0.3 is 0 Å². The summed E-state index contributed by atoms with van der Waals surface area (Å²) >= 11 is 1.38. The van der Waals surface area contributed by atoms with Crippen LogP contribution in [0.1, 0.15) is 28.5 Å². The van der Waals surface area contributed by atoms with Crippen LogP contribution in [0, 0.1) is 0 Å². The first-order chi connectivity index (χ1) is 13.8. The minimum Gasteiger partial charge on any atom is -0.200 e. The first-order valence-corrected chi connectivity index (χ1v) is 11.0. The van der Waals surface area contributed by atoms with Crippen molar-refractivity contribution < 1.29 is 21.6 Å². The van der Waals surface area contributed by atoms with Gasteiger partial charge >= 0.3 is 6.18 Å². The number of thiophene rings is 1. The predicted octanol–water partition coefficient (Wildman–Crippen LogP) is 5.31. The molecule has 4 nitrogen and oxygen atoms in total. The van der Waals surface area contributed by atoms with Gasteiger partial charge in [0.2, 0.25) is 0 Å². The SMILES string of the molecule is O=S(=O)(c1ccccc1)N1N=C(c2cccc(C(F)(F)F)c2)CC1c1cccs1. The topological polar surface area (TPSA) is 49.7 Å². The Hall–Kier alpha value is -2.65. The van der Waals surface area contributed by atoms with Crippen LogP contribution < -0.4 is 0 Å². The highest BCUT2D eigenvalue weighted by Crippen LogP contribution is 2.39. The second kappa shape index (κ2) is 7.31. The van der Waals surface area contributed by atoms with Gasteiger partial charge in [0.25, 0.3) is 10.0 Å². The minimum atomic E-state index is -4.49. The molecule has 0 saturated carbocycles. The van der Waals surface area contributed by atoms with Crippen LogP contribution in [0.4, 0.5) is 13.2 Å². The van der Waals surface area contributed by atoms with Gasteiger partial charge in [-0.15, -0.1) is 11.3 Å². The number of alkyl halides is 3. The Morgan fingerprint density at radius 2 is 1.76 bits per heavy atom. The molecule has 1 aliphatic heterocycles. The highest BCUT2D eigenvalue weighted by Gasteiger charge is 2.39. The maximum absolute atomic E-state index is 13.2. The van der Waals surface area contributed by atoms with Crippen LogP contribution in [0.15, 0.2) is 82.1 Å². The van der Waals surface area contributed by atoms with E-state index >= 15 is 0 Å². The maximum Gasteiger partial charge on any atom is 0.416 e. The molecular formula is C20H15F3N2O2S2. The Balaban J connectivity index is 1.79. The molecular weight excluding hydrogens is 421 g/mol. The van der Waals surface area contributed by atoms with Crippen molar-refractivity contribution in [1.29, 1.82) is 0 Å². The highest BCUT2D eigenvalue weighted by atomic mass is 32.2. The molecule has 0 spiro atoms. The number of benzene rings is 2. The van der Waals surface area contributed by atoms with E-state index in [4.69, 9.17) is 0 Å². The van der Waals surface area contributed by atoms with Crippen molar-refractivity contribution in [3.63, 3.8) is 0 Å². The van der Waals surface area contributed by atoms with Crippen molar-refractivity contribution >= 4 is 27.1 Å². The molecule has 3 aromatic rings. The van der Waals surface area contributed by atoms with Crippen molar-refractivity contribution in [2.75, 3.05) is 0 Å². The summed E-state index contributed by atoms with van der Waals surface area (Å²) in [6.07, 6.45) is -4.30. The van der Waals surface area contributed by atoms with Crippen molar-refractivity contribution in [3.8, 4) is 0 Å². The molecule has 0 N–H and O–H groups in total. The van der Waals surface area contributed by atoms with Crippen LogP contribution in [0.5, 0.6) is 0 Å². The van der Waals surface area contributed by atoms with Crippen LogP contribution >= 0.6 is 11.3 Å². The zero-order valence-electron chi connectivity index (χ0n) is 14.9. The fourth-order valence-electron chi connectivity index (χ4n) is 3.15. The molecule has 1 aliphatic rings. The number of nitrogens with zero attached hydrogens (tertiary/aromatic N) is 2. The molecule has 9 heteroatoms. The first-order valence-electron chi connectivity index (χ1n) is 8.65. The minimum absolute atomic E-state index is 0.0793. The van der Waals surface area contributed by atoms with E-state index in [1.807, 2.05) is 5.38 Å². The van der Waals surface area contributed by atoms with Gasteiger partial charge in [-0.2, -0.15) is 31.1 Å². The Bertz CT molecular complexity index is 1140. The van der Waals surface area contributed by atoms with Crippen LogP contribution in [-0.4, -0.2) is 18.5 Å². The number of sulfonamides is 1. The number of hydrazone groups is 1. The Morgan fingerprint density at radius 1 is 1.00 bits per heavy atom. The van der Waals surface area contributed by atoms with E-state index in [0.717, 1.165) is 21.4 Å².